The Hall–Kier alpha value is -1.33. The summed E-state index contributed by atoms with van der Waals surface area (Å²) in [6.07, 6.45) is 1.88. The lowest BCUT2D eigenvalue weighted by molar-refractivity contribution is -0.121. The first kappa shape index (κ1) is 13.1. The van der Waals surface area contributed by atoms with Crippen molar-refractivity contribution in [3.05, 3.63) is 34.7 Å². The first-order valence-electron chi connectivity index (χ1n) is 5.48. The van der Waals surface area contributed by atoms with E-state index in [4.69, 9.17) is 12.2 Å². The Labute approximate surface area is 116 Å². The summed E-state index contributed by atoms with van der Waals surface area (Å²) in [5, 5.41) is 0. The summed E-state index contributed by atoms with van der Waals surface area (Å²) in [6, 6.07) is 8.05. The van der Waals surface area contributed by atoms with Crippen molar-refractivity contribution in [2.75, 3.05) is 26.0 Å². The highest BCUT2D eigenvalue weighted by molar-refractivity contribution is 8.26. The summed E-state index contributed by atoms with van der Waals surface area (Å²) in [6.45, 7) is 0. The predicted molar refractivity (Wildman–Crippen MR) is 81.7 cm³/mol. The molecule has 0 N–H and O–H groups in total. The van der Waals surface area contributed by atoms with Gasteiger partial charge in [-0.05, 0) is 23.8 Å². The molecule has 0 spiro atoms. The van der Waals surface area contributed by atoms with Gasteiger partial charge in [-0.2, -0.15) is 0 Å². The molecule has 1 aliphatic rings. The lowest BCUT2D eigenvalue weighted by atomic mass is 10.2. The van der Waals surface area contributed by atoms with Crippen molar-refractivity contribution in [2.24, 2.45) is 0 Å². The van der Waals surface area contributed by atoms with E-state index in [1.54, 1.807) is 7.05 Å². The highest BCUT2D eigenvalue weighted by atomic mass is 32.2. The zero-order chi connectivity index (χ0) is 13.3. The van der Waals surface area contributed by atoms with E-state index < -0.39 is 0 Å². The number of benzene rings is 1. The number of carbonyl (C=O) groups is 1. The molecule has 0 aromatic heterocycles. The monoisotopic (exact) mass is 278 g/mol. The summed E-state index contributed by atoms with van der Waals surface area (Å²) in [4.78, 5) is 16.1. The van der Waals surface area contributed by atoms with Gasteiger partial charge in [0.15, 0.2) is 0 Å². The predicted octanol–water partition coefficient (Wildman–Crippen LogP) is 2.58. The number of likely N-dealkylation sites (N-methyl/N-ethyl adjacent to an activating group) is 1. The molecule has 1 aromatic carbocycles. The van der Waals surface area contributed by atoms with Gasteiger partial charge >= 0.3 is 0 Å². The van der Waals surface area contributed by atoms with Gasteiger partial charge in [0.2, 0.25) is 0 Å². The number of nitrogens with zero attached hydrogens (tertiary/aromatic N) is 2. The van der Waals surface area contributed by atoms with Gasteiger partial charge in [0, 0.05) is 26.8 Å². The zero-order valence-electron chi connectivity index (χ0n) is 10.5. The van der Waals surface area contributed by atoms with Gasteiger partial charge in [-0.3, -0.25) is 9.69 Å². The summed E-state index contributed by atoms with van der Waals surface area (Å²) >= 11 is 6.43. The summed E-state index contributed by atoms with van der Waals surface area (Å²) < 4.78 is 0.608. The van der Waals surface area contributed by atoms with Crippen molar-refractivity contribution in [1.29, 1.82) is 0 Å². The second kappa shape index (κ2) is 5.12. The summed E-state index contributed by atoms with van der Waals surface area (Å²) in [7, 11) is 5.70. The standard InChI is InChI=1S/C13H14N2OS2/c1-14(2)10-6-4-9(5-7-10)8-11-12(16)15(3)13(17)18-11/h4-8H,1-3H3/b11-8-. The van der Waals surface area contributed by atoms with Crippen LogP contribution in [0.3, 0.4) is 0 Å². The fraction of sp³-hybridized carbons (Fsp3) is 0.231. The Kier molecular flexibility index (Phi) is 3.73. The normalized spacial score (nSPS) is 17.7. The average Bonchev–Trinajstić information content (AvgIpc) is 2.58. The molecule has 1 aromatic rings. The van der Waals surface area contributed by atoms with Gasteiger partial charge < -0.3 is 4.90 Å². The minimum Gasteiger partial charge on any atom is -0.378 e. The maximum atomic E-state index is 11.8. The maximum Gasteiger partial charge on any atom is 0.265 e. The van der Waals surface area contributed by atoms with E-state index in [0.29, 0.717) is 9.23 Å². The average molecular weight is 278 g/mol. The van der Waals surface area contributed by atoms with E-state index in [9.17, 15) is 4.79 Å². The molecule has 18 heavy (non-hydrogen) atoms. The lowest BCUT2D eigenvalue weighted by Gasteiger charge is -2.11. The minimum absolute atomic E-state index is 0.0262. The van der Waals surface area contributed by atoms with Crippen LogP contribution in [-0.2, 0) is 4.79 Å². The van der Waals surface area contributed by atoms with Gasteiger partial charge in [0.25, 0.3) is 5.91 Å². The molecule has 0 unspecified atom stereocenters. The van der Waals surface area contributed by atoms with E-state index in [-0.39, 0.29) is 5.91 Å². The van der Waals surface area contributed by atoms with Gasteiger partial charge in [-0.25, -0.2) is 0 Å². The highest BCUT2D eigenvalue weighted by Gasteiger charge is 2.28. The zero-order valence-corrected chi connectivity index (χ0v) is 12.1. The number of amides is 1. The van der Waals surface area contributed by atoms with Crippen molar-refractivity contribution >= 4 is 46.0 Å². The van der Waals surface area contributed by atoms with Gasteiger partial charge in [-0.1, -0.05) is 36.1 Å². The Morgan fingerprint density at radius 3 is 2.33 bits per heavy atom. The van der Waals surface area contributed by atoms with Crippen LogP contribution in [0, 0.1) is 0 Å². The molecule has 0 bridgehead atoms. The fourth-order valence-electron chi connectivity index (χ4n) is 1.57. The van der Waals surface area contributed by atoms with Crippen molar-refractivity contribution < 1.29 is 4.79 Å². The Balaban J connectivity index is 2.24. The van der Waals surface area contributed by atoms with Crippen molar-refractivity contribution in [2.45, 2.75) is 0 Å². The van der Waals surface area contributed by atoms with Crippen LogP contribution in [0.15, 0.2) is 29.2 Å². The number of anilines is 1. The molecule has 1 saturated heterocycles. The highest BCUT2D eigenvalue weighted by Crippen LogP contribution is 2.31. The SMILES string of the molecule is CN1C(=O)/C(=C/c2ccc(N(C)C)cc2)SC1=S. The molecule has 1 fully saturated rings. The number of thioether (sulfide) groups is 1. The Morgan fingerprint density at radius 2 is 1.89 bits per heavy atom. The van der Waals surface area contributed by atoms with Gasteiger partial charge in [-0.15, -0.1) is 0 Å². The topological polar surface area (TPSA) is 23.6 Å². The molecule has 1 aliphatic heterocycles. The third-order valence-electron chi connectivity index (χ3n) is 2.69. The number of thiocarbonyl (C=S) groups is 1. The summed E-state index contributed by atoms with van der Waals surface area (Å²) in [5.74, 6) is -0.0262. The number of rotatable bonds is 2. The molecule has 1 heterocycles. The van der Waals surface area contributed by atoms with E-state index >= 15 is 0 Å². The third-order valence-corrected chi connectivity index (χ3v) is 4.18. The molecule has 0 aliphatic carbocycles. The second-order valence-corrected chi connectivity index (χ2v) is 5.90. The van der Waals surface area contributed by atoms with Crippen LogP contribution in [0.2, 0.25) is 0 Å². The van der Waals surface area contributed by atoms with Crippen LogP contribution in [0.1, 0.15) is 5.56 Å². The first-order chi connectivity index (χ1) is 8.49. The van der Waals surface area contributed by atoms with Gasteiger partial charge in [0.05, 0.1) is 4.91 Å². The van der Waals surface area contributed by atoms with Crippen LogP contribution in [0.25, 0.3) is 6.08 Å². The van der Waals surface area contributed by atoms with Crippen LogP contribution in [-0.4, -0.2) is 36.3 Å². The molecule has 3 nitrogen and oxygen atoms in total. The molecular formula is C13H14N2OS2. The molecule has 94 valence electrons. The van der Waals surface area contributed by atoms with Crippen LogP contribution < -0.4 is 4.90 Å². The maximum absolute atomic E-state index is 11.8. The third kappa shape index (κ3) is 2.57. The quantitative estimate of drug-likeness (QED) is 0.613. The van der Waals surface area contributed by atoms with Crippen molar-refractivity contribution in [1.82, 2.24) is 4.90 Å². The fourth-order valence-corrected chi connectivity index (χ4v) is 2.75. The molecule has 0 atom stereocenters. The molecule has 5 heteroatoms. The Bertz CT molecular complexity index is 520. The molecule has 0 saturated carbocycles. The molecular weight excluding hydrogens is 264 g/mol. The number of hydrogen-bond acceptors (Lipinski definition) is 4. The molecule has 0 radical (unpaired) electrons. The smallest absolute Gasteiger partial charge is 0.265 e. The van der Waals surface area contributed by atoms with Crippen LogP contribution in [0.5, 0.6) is 0 Å². The molecule has 1 amide bonds. The van der Waals surface area contributed by atoms with E-state index in [1.807, 2.05) is 49.3 Å². The van der Waals surface area contributed by atoms with Gasteiger partial charge in [0.1, 0.15) is 4.32 Å². The van der Waals surface area contributed by atoms with E-state index in [0.717, 1.165) is 11.3 Å². The number of carbonyl (C=O) groups excluding carboxylic acids is 1. The largest absolute Gasteiger partial charge is 0.378 e. The molecule has 2 rings (SSSR count). The van der Waals surface area contributed by atoms with Crippen molar-refractivity contribution in [3.8, 4) is 0 Å². The van der Waals surface area contributed by atoms with Crippen molar-refractivity contribution in [3.63, 3.8) is 0 Å². The summed E-state index contributed by atoms with van der Waals surface area (Å²) in [5.41, 5.74) is 2.14. The first-order valence-corrected chi connectivity index (χ1v) is 6.70. The second-order valence-electron chi connectivity index (χ2n) is 4.23. The Morgan fingerprint density at radius 1 is 1.28 bits per heavy atom. The lowest BCUT2D eigenvalue weighted by Crippen LogP contribution is -2.22. The van der Waals surface area contributed by atoms with E-state index in [2.05, 4.69) is 0 Å². The minimum atomic E-state index is -0.0262. The van der Waals surface area contributed by atoms with Crippen LogP contribution in [0.4, 0.5) is 5.69 Å². The number of hydrogen-bond donors (Lipinski definition) is 0. The van der Waals surface area contributed by atoms with Crippen LogP contribution >= 0.6 is 24.0 Å². The van der Waals surface area contributed by atoms with E-state index in [1.165, 1.54) is 16.7 Å².